The van der Waals surface area contributed by atoms with Crippen LogP contribution in [0.1, 0.15) is 11.3 Å². The number of amides is 1. The van der Waals surface area contributed by atoms with E-state index in [0.29, 0.717) is 0 Å². The molecule has 1 aromatic heterocycles. The number of carbonyl (C=O) groups excluding carboxylic acids is 1. The zero-order chi connectivity index (χ0) is 20.1. The van der Waals surface area contributed by atoms with Crippen molar-refractivity contribution in [1.29, 1.82) is 0 Å². The second-order valence-electron chi connectivity index (χ2n) is 5.78. The Bertz CT molecular complexity index is 959. The third-order valence-electron chi connectivity index (χ3n) is 3.73. The lowest BCUT2D eigenvalue weighted by molar-refractivity contribution is -0.141. The van der Waals surface area contributed by atoms with Crippen molar-refractivity contribution in [3.8, 4) is 11.6 Å². The lowest BCUT2D eigenvalue weighted by Gasteiger charge is -2.10. The Kier molecular flexibility index (Phi) is 5.89. The van der Waals surface area contributed by atoms with Crippen molar-refractivity contribution in [2.45, 2.75) is 12.7 Å². The molecule has 0 saturated heterocycles. The van der Waals surface area contributed by atoms with Crippen molar-refractivity contribution in [3.63, 3.8) is 0 Å². The molecule has 146 valence electrons. The van der Waals surface area contributed by atoms with Gasteiger partial charge in [-0.15, -0.1) is 0 Å². The van der Waals surface area contributed by atoms with Crippen LogP contribution in [0, 0.1) is 0 Å². The van der Waals surface area contributed by atoms with Gasteiger partial charge in [-0.2, -0.15) is 23.0 Å². The van der Waals surface area contributed by atoms with E-state index in [1.165, 1.54) is 12.1 Å². The van der Waals surface area contributed by atoms with Crippen molar-refractivity contribution in [2.24, 2.45) is 0 Å². The average molecular weight is 410 g/mol. The molecule has 1 N–H and O–H groups in total. The van der Waals surface area contributed by atoms with E-state index >= 15 is 0 Å². The van der Waals surface area contributed by atoms with Gasteiger partial charge in [-0.25, -0.2) is 0 Å². The van der Waals surface area contributed by atoms with E-state index in [9.17, 15) is 18.0 Å². The first-order valence-corrected chi connectivity index (χ1v) is 8.58. The number of hydrogen-bond acceptors (Lipinski definition) is 3. The van der Waals surface area contributed by atoms with Crippen molar-refractivity contribution < 1.29 is 22.7 Å². The van der Waals surface area contributed by atoms with Crippen LogP contribution in [-0.4, -0.2) is 22.3 Å². The maximum atomic E-state index is 13.1. The fourth-order valence-corrected chi connectivity index (χ4v) is 2.60. The molecule has 3 aromatic rings. The van der Waals surface area contributed by atoms with E-state index in [0.717, 1.165) is 16.3 Å². The molecule has 28 heavy (non-hydrogen) atoms. The number of nitrogens with zero attached hydrogens (tertiary/aromatic N) is 2. The van der Waals surface area contributed by atoms with Gasteiger partial charge in [-0.05, 0) is 17.7 Å². The molecule has 0 radical (unpaired) electrons. The Morgan fingerprint density at radius 3 is 2.46 bits per heavy atom. The third kappa shape index (κ3) is 4.83. The summed E-state index contributed by atoms with van der Waals surface area (Å²) in [6, 6.07) is 16.2. The van der Waals surface area contributed by atoms with Crippen LogP contribution in [0.2, 0.25) is 5.02 Å². The second kappa shape index (κ2) is 8.35. The van der Waals surface area contributed by atoms with Crippen LogP contribution in [0.15, 0.2) is 60.7 Å². The summed E-state index contributed by atoms with van der Waals surface area (Å²) in [6.45, 7) is -0.194. The van der Waals surface area contributed by atoms with Gasteiger partial charge in [-0.3, -0.25) is 4.79 Å². The molecule has 9 heteroatoms. The standard InChI is InChI=1S/C19H15ClF3N3O2/c20-14-8-4-5-9-15(14)26-18(10-16(25-26)19(21,22)23)28-12-17(27)24-11-13-6-2-1-3-7-13/h1-10H,11-12H2,(H,24,27). The van der Waals surface area contributed by atoms with Gasteiger partial charge in [0.25, 0.3) is 5.91 Å². The van der Waals surface area contributed by atoms with Crippen LogP contribution in [0.4, 0.5) is 13.2 Å². The number of hydrogen-bond donors (Lipinski definition) is 1. The fourth-order valence-electron chi connectivity index (χ4n) is 2.39. The molecule has 0 fully saturated rings. The zero-order valence-corrected chi connectivity index (χ0v) is 15.2. The van der Waals surface area contributed by atoms with Crippen LogP contribution in [0.25, 0.3) is 5.69 Å². The SMILES string of the molecule is O=C(COc1cc(C(F)(F)F)nn1-c1ccccc1Cl)NCc1ccccc1. The van der Waals surface area contributed by atoms with E-state index in [4.69, 9.17) is 16.3 Å². The molecule has 0 aliphatic rings. The number of rotatable bonds is 6. The van der Waals surface area contributed by atoms with Gasteiger partial charge in [0.15, 0.2) is 12.3 Å². The van der Waals surface area contributed by atoms with Crippen LogP contribution in [0.3, 0.4) is 0 Å². The molecule has 3 rings (SSSR count). The van der Waals surface area contributed by atoms with Gasteiger partial charge in [0.1, 0.15) is 0 Å². The van der Waals surface area contributed by atoms with E-state index in [2.05, 4.69) is 10.4 Å². The van der Waals surface area contributed by atoms with Gasteiger partial charge < -0.3 is 10.1 Å². The van der Waals surface area contributed by atoms with Crippen molar-refractivity contribution >= 4 is 17.5 Å². The maximum Gasteiger partial charge on any atom is 0.435 e. The lowest BCUT2D eigenvalue weighted by Crippen LogP contribution is -2.28. The first kappa shape index (κ1) is 19.8. The molecule has 5 nitrogen and oxygen atoms in total. The summed E-state index contributed by atoms with van der Waals surface area (Å²) in [5.41, 5.74) is -0.0530. The fraction of sp³-hybridized carbons (Fsp3) is 0.158. The molecule has 0 bridgehead atoms. The number of ether oxygens (including phenoxy) is 1. The van der Waals surface area contributed by atoms with E-state index in [1.54, 1.807) is 12.1 Å². The summed E-state index contributed by atoms with van der Waals surface area (Å²) in [4.78, 5) is 12.0. The van der Waals surface area contributed by atoms with E-state index in [1.807, 2.05) is 30.3 Å². The van der Waals surface area contributed by atoms with Gasteiger partial charge in [0.05, 0.1) is 10.7 Å². The number of aromatic nitrogens is 2. The molecule has 0 atom stereocenters. The highest BCUT2D eigenvalue weighted by atomic mass is 35.5. The number of benzene rings is 2. The molecule has 1 heterocycles. The first-order chi connectivity index (χ1) is 13.3. The van der Waals surface area contributed by atoms with Gasteiger partial charge >= 0.3 is 6.18 Å². The summed E-state index contributed by atoms with van der Waals surface area (Å²) in [7, 11) is 0. The highest BCUT2D eigenvalue weighted by Crippen LogP contribution is 2.33. The Morgan fingerprint density at radius 2 is 1.79 bits per heavy atom. The number of para-hydroxylation sites is 1. The number of carbonyl (C=O) groups is 1. The Morgan fingerprint density at radius 1 is 1.11 bits per heavy atom. The zero-order valence-electron chi connectivity index (χ0n) is 14.4. The van der Waals surface area contributed by atoms with Crippen LogP contribution >= 0.6 is 11.6 Å². The highest BCUT2D eigenvalue weighted by molar-refractivity contribution is 6.32. The Balaban J connectivity index is 1.74. The third-order valence-corrected chi connectivity index (χ3v) is 4.05. The molecule has 0 unspecified atom stereocenters. The van der Waals surface area contributed by atoms with Crippen LogP contribution < -0.4 is 10.1 Å². The van der Waals surface area contributed by atoms with Crippen molar-refractivity contribution in [3.05, 3.63) is 76.9 Å². The molecular weight excluding hydrogens is 395 g/mol. The topological polar surface area (TPSA) is 56.1 Å². The average Bonchev–Trinajstić information content (AvgIpc) is 3.10. The Hall–Kier alpha value is -3.00. The van der Waals surface area contributed by atoms with Gasteiger partial charge in [0.2, 0.25) is 5.88 Å². The monoisotopic (exact) mass is 409 g/mol. The lowest BCUT2D eigenvalue weighted by atomic mass is 10.2. The van der Waals surface area contributed by atoms with E-state index in [-0.39, 0.29) is 23.1 Å². The predicted octanol–water partition coefficient (Wildman–Crippen LogP) is 4.24. The number of halogens is 4. The molecule has 2 aromatic carbocycles. The molecule has 0 aliphatic heterocycles. The summed E-state index contributed by atoms with van der Waals surface area (Å²) < 4.78 is 45.4. The summed E-state index contributed by atoms with van der Waals surface area (Å²) in [6.07, 6.45) is -4.67. The highest BCUT2D eigenvalue weighted by Gasteiger charge is 2.35. The summed E-state index contributed by atoms with van der Waals surface area (Å²) in [5, 5.41) is 6.36. The van der Waals surface area contributed by atoms with Crippen molar-refractivity contribution in [2.75, 3.05) is 6.61 Å². The normalized spacial score (nSPS) is 11.3. The summed E-state index contributed by atoms with van der Waals surface area (Å²) in [5.74, 6) is -0.723. The smallest absolute Gasteiger partial charge is 0.435 e. The minimum absolute atomic E-state index is 0.192. The second-order valence-corrected chi connectivity index (χ2v) is 6.19. The minimum Gasteiger partial charge on any atom is -0.467 e. The quantitative estimate of drug-likeness (QED) is 0.662. The van der Waals surface area contributed by atoms with E-state index < -0.39 is 24.4 Å². The largest absolute Gasteiger partial charge is 0.467 e. The summed E-state index contributed by atoms with van der Waals surface area (Å²) >= 11 is 6.06. The first-order valence-electron chi connectivity index (χ1n) is 8.20. The number of alkyl halides is 3. The Labute approximate surface area is 163 Å². The molecule has 0 aliphatic carbocycles. The van der Waals surface area contributed by atoms with Crippen molar-refractivity contribution in [1.82, 2.24) is 15.1 Å². The molecule has 1 amide bonds. The molecular formula is C19H15ClF3N3O2. The number of nitrogens with one attached hydrogen (secondary N) is 1. The predicted molar refractivity (Wildman–Crippen MR) is 97.4 cm³/mol. The van der Waals surface area contributed by atoms with Crippen LogP contribution in [0.5, 0.6) is 5.88 Å². The minimum atomic E-state index is -4.67. The van der Waals surface area contributed by atoms with Gasteiger partial charge in [0, 0.05) is 12.6 Å². The molecule has 0 spiro atoms. The van der Waals surface area contributed by atoms with Crippen LogP contribution in [-0.2, 0) is 17.5 Å². The molecule has 0 saturated carbocycles. The van der Waals surface area contributed by atoms with Gasteiger partial charge in [-0.1, -0.05) is 54.1 Å². The maximum absolute atomic E-state index is 13.1.